The Bertz CT molecular complexity index is 779. The number of hydrogen-bond donors (Lipinski definition) is 1. The molecule has 2 N–H and O–H groups in total. The summed E-state index contributed by atoms with van der Waals surface area (Å²) in [6, 6.07) is 8.12. The second-order valence-corrected chi connectivity index (χ2v) is 8.51. The van der Waals surface area contributed by atoms with Gasteiger partial charge in [0.15, 0.2) is 0 Å². The third-order valence-electron chi connectivity index (χ3n) is 6.66. The Kier molecular flexibility index (Phi) is 4.85. The van der Waals surface area contributed by atoms with E-state index in [9.17, 15) is 4.79 Å². The van der Waals surface area contributed by atoms with Crippen LogP contribution in [0.3, 0.4) is 0 Å². The van der Waals surface area contributed by atoms with Crippen molar-refractivity contribution in [2.24, 2.45) is 17.3 Å². The Labute approximate surface area is 161 Å². The highest BCUT2D eigenvalue weighted by Gasteiger charge is 2.51. The van der Waals surface area contributed by atoms with Gasteiger partial charge in [-0.2, -0.15) is 0 Å². The molecule has 0 saturated carbocycles. The first kappa shape index (κ1) is 18.3. The zero-order chi connectivity index (χ0) is 19.0. The van der Waals surface area contributed by atoms with Gasteiger partial charge in [-0.1, -0.05) is 24.6 Å². The molecule has 4 nitrogen and oxygen atoms in total. The zero-order valence-electron chi connectivity index (χ0n) is 16.5. The molecule has 1 aromatic carbocycles. The summed E-state index contributed by atoms with van der Waals surface area (Å²) in [6.45, 7) is 6.18. The van der Waals surface area contributed by atoms with E-state index in [0.29, 0.717) is 0 Å². The van der Waals surface area contributed by atoms with Crippen LogP contribution < -0.4 is 10.1 Å². The SMILES string of the molecule is COc1ccc(C[NH2+]C[C@@H]2C(=O)O[C@@H]3C[C@@]4(C)CCC=C(C)C4=C[C@H]23)cc1. The molecule has 0 radical (unpaired) electrons. The number of quaternary nitrogens is 1. The fourth-order valence-electron chi connectivity index (χ4n) is 5.09. The number of fused-ring (bicyclic) bond motifs is 2. The van der Waals surface area contributed by atoms with Crippen molar-refractivity contribution >= 4 is 5.97 Å². The van der Waals surface area contributed by atoms with Crippen LogP contribution in [-0.2, 0) is 16.1 Å². The molecule has 0 amide bonds. The summed E-state index contributed by atoms with van der Waals surface area (Å²) in [4.78, 5) is 12.6. The van der Waals surface area contributed by atoms with Crippen LogP contribution in [0.15, 0.2) is 47.6 Å². The van der Waals surface area contributed by atoms with E-state index in [1.54, 1.807) is 7.11 Å². The summed E-state index contributed by atoms with van der Waals surface area (Å²) in [5.41, 5.74) is 4.25. The summed E-state index contributed by atoms with van der Waals surface area (Å²) >= 11 is 0. The zero-order valence-corrected chi connectivity index (χ0v) is 16.5. The Morgan fingerprint density at radius 3 is 2.81 bits per heavy atom. The van der Waals surface area contributed by atoms with Gasteiger partial charge in [0.1, 0.15) is 24.3 Å². The van der Waals surface area contributed by atoms with Gasteiger partial charge in [-0.25, -0.2) is 0 Å². The van der Waals surface area contributed by atoms with Crippen LogP contribution in [0, 0.1) is 17.3 Å². The van der Waals surface area contributed by atoms with E-state index in [0.717, 1.165) is 38.1 Å². The minimum atomic E-state index is -0.0416. The molecule has 0 unspecified atom stereocenters. The van der Waals surface area contributed by atoms with Gasteiger partial charge < -0.3 is 14.8 Å². The molecule has 144 valence electrons. The first-order valence-corrected chi connectivity index (χ1v) is 10.0. The molecule has 0 spiro atoms. The lowest BCUT2D eigenvalue weighted by Gasteiger charge is -2.42. The maximum absolute atomic E-state index is 12.6. The maximum atomic E-state index is 12.6. The van der Waals surface area contributed by atoms with Gasteiger partial charge in [0.25, 0.3) is 0 Å². The standard InChI is InChI=1S/C23H29NO3/c1-15-5-4-10-23(2)12-21-18(11-20(15)23)19(22(25)27-21)14-24-13-16-6-8-17(26-3)9-7-16/h5-9,11,18-19,21,24H,4,10,12-14H2,1-3H3/p+1/t18-,19+,21-,23-/m1/s1. The number of rotatable bonds is 5. The van der Waals surface area contributed by atoms with Gasteiger partial charge >= 0.3 is 5.97 Å². The Balaban J connectivity index is 1.44. The smallest absolute Gasteiger partial charge is 0.315 e. The Morgan fingerprint density at radius 1 is 1.30 bits per heavy atom. The summed E-state index contributed by atoms with van der Waals surface area (Å²) in [5, 5.41) is 2.23. The number of nitrogens with two attached hydrogens (primary N) is 1. The summed E-state index contributed by atoms with van der Waals surface area (Å²) in [6.07, 6.45) is 8.02. The molecule has 27 heavy (non-hydrogen) atoms. The number of carbonyl (C=O) groups excluding carboxylic acids is 1. The van der Waals surface area contributed by atoms with Crippen molar-refractivity contribution in [3.05, 3.63) is 53.1 Å². The Hall–Kier alpha value is -2.07. The molecule has 0 bridgehead atoms. The molecule has 4 rings (SSSR count). The molecule has 3 aliphatic rings. The lowest BCUT2D eigenvalue weighted by Crippen LogP contribution is -2.84. The highest BCUT2D eigenvalue weighted by Crippen LogP contribution is 2.52. The highest BCUT2D eigenvalue weighted by atomic mass is 16.6. The molecule has 1 saturated heterocycles. The summed E-state index contributed by atoms with van der Waals surface area (Å²) < 4.78 is 11.0. The third kappa shape index (κ3) is 3.43. The van der Waals surface area contributed by atoms with E-state index >= 15 is 0 Å². The predicted octanol–water partition coefficient (Wildman–Crippen LogP) is 2.99. The summed E-state index contributed by atoms with van der Waals surface area (Å²) in [7, 11) is 1.68. The Morgan fingerprint density at radius 2 is 2.07 bits per heavy atom. The number of carbonyl (C=O) groups is 1. The van der Waals surface area contributed by atoms with E-state index in [2.05, 4.69) is 43.4 Å². The summed E-state index contributed by atoms with van der Waals surface area (Å²) in [5.74, 6) is 1.03. The molecule has 1 aliphatic heterocycles. The second-order valence-electron chi connectivity index (χ2n) is 8.51. The van der Waals surface area contributed by atoms with Crippen LogP contribution >= 0.6 is 0 Å². The van der Waals surface area contributed by atoms with Crippen molar-refractivity contribution in [3.63, 3.8) is 0 Å². The molecule has 1 heterocycles. The molecule has 1 aromatic rings. The first-order valence-electron chi connectivity index (χ1n) is 10.0. The normalized spacial score (nSPS) is 32.1. The van der Waals surface area contributed by atoms with E-state index in [1.165, 1.54) is 16.7 Å². The number of hydrogen-bond acceptors (Lipinski definition) is 3. The molecular formula is C23H30NO3+. The lowest BCUT2D eigenvalue weighted by molar-refractivity contribution is -0.674. The molecule has 0 aromatic heterocycles. The first-order chi connectivity index (χ1) is 13.0. The molecule has 4 atom stereocenters. The van der Waals surface area contributed by atoms with Crippen LogP contribution in [0.4, 0.5) is 0 Å². The largest absolute Gasteiger partial charge is 0.497 e. The van der Waals surface area contributed by atoms with E-state index < -0.39 is 0 Å². The quantitative estimate of drug-likeness (QED) is 0.813. The van der Waals surface area contributed by atoms with Crippen LogP contribution in [-0.4, -0.2) is 25.7 Å². The van der Waals surface area contributed by atoms with Crippen molar-refractivity contribution in [3.8, 4) is 5.75 Å². The number of methoxy groups -OCH3 is 1. The van der Waals surface area contributed by atoms with Gasteiger partial charge in [-0.3, -0.25) is 4.79 Å². The van der Waals surface area contributed by atoms with Crippen molar-refractivity contribution < 1.29 is 19.6 Å². The van der Waals surface area contributed by atoms with E-state index in [4.69, 9.17) is 9.47 Å². The molecular weight excluding hydrogens is 338 g/mol. The maximum Gasteiger partial charge on any atom is 0.315 e. The van der Waals surface area contributed by atoms with Crippen molar-refractivity contribution in [2.45, 2.75) is 45.8 Å². The third-order valence-corrected chi connectivity index (χ3v) is 6.66. The average molecular weight is 368 g/mol. The average Bonchev–Trinajstić information content (AvgIpc) is 2.95. The minimum absolute atomic E-state index is 0.0169. The number of ether oxygens (including phenoxy) is 2. The highest BCUT2D eigenvalue weighted by molar-refractivity contribution is 5.76. The van der Waals surface area contributed by atoms with Crippen molar-refractivity contribution in [1.82, 2.24) is 0 Å². The predicted molar refractivity (Wildman–Crippen MR) is 104 cm³/mol. The van der Waals surface area contributed by atoms with Gasteiger partial charge in [-0.05, 0) is 61.4 Å². The topological polar surface area (TPSA) is 52.1 Å². The second kappa shape index (κ2) is 7.16. The van der Waals surface area contributed by atoms with E-state index in [1.807, 2.05) is 12.1 Å². The molecule has 2 aliphatic carbocycles. The van der Waals surface area contributed by atoms with Gasteiger partial charge in [0.2, 0.25) is 0 Å². The van der Waals surface area contributed by atoms with Gasteiger partial charge in [0, 0.05) is 11.5 Å². The monoisotopic (exact) mass is 368 g/mol. The van der Waals surface area contributed by atoms with Gasteiger partial charge in [0.05, 0.1) is 13.7 Å². The molecule has 1 fully saturated rings. The number of esters is 1. The lowest BCUT2D eigenvalue weighted by atomic mass is 9.62. The fourth-order valence-corrected chi connectivity index (χ4v) is 5.09. The van der Waals surface area contributed by atoms with Crippen LogP contribution in [0.25, 0.3) is 0 Å². The number of benzene rings is 1. The fraction of sp³-hybridized carbons (Fsp3) is 0.522. The van der Waals surface area contributed by atoms with Crippen LogP contribution in [0.1, 0.15) is 38.7 Å². The van der Waals surface area contributed by atoms with Crippen LogP contribution in [0.2, 0.25) is 0 Å². The minimum Gasteiger partial charge on any atom is -0.497 e. The van der Waals surface area contributed by atoms with Crippen molar-refractivity contribution in [2.75, 3.05) is 13.7 Å². The molecule has 4 heteroatoms. The van der Waals surface area contributed by atoms with Crippen LogP contribution in [0.5, 0.6) is 5.75 Å². The van der Waals surface area contributed by atoms with Crippen molar-refractivity contribution in [1.29, 1.82) is 0 Å². The van der Waals surface area contributed by atoms with E-state index in [-0.39, 0.29) is 29.3 Å². The van der Waals surface area contributed by atoms with Gasteiger partial charge in [-0.15, -0.1) is 0 Å². The number of allylic oxidation sites excluding steroid dienone is 3.